The van der Waals surface area contributed by atoms with Crippen LogP contribution in [-0.4, -0.2) is 42.5 Å². The van der Waals surface area contributed by atoms with Crippen LogP contribution in [-0.2, 0) is 16.1 Å². The van der Waals surface area contributed by atoms with E-state index in [2.05, 4.69) is 15.5 Å². The van der Waals surface area contributed by atoms with Gasteiger partial charge in [-0.15, -0.1) is 0 Å². The summed E-state index contributed by atoms with van der Waals surface area (Å²) in [6.45, 7) is 3.84. The molecule has 0 aliphatic heterocycles. The van der Waals surface area contributed by atoms with Gasteiger partial charge in [-0.25, -0.2) is 10.4 Å². The Morgan fingerprint density at radius 3 is 2.83 bits per heavy atom. The summed E-state index contributed by atoms with van der Waals surface area (Å²) in [4.78, 5) is 16.2. The van der Waals surface area contributed by atoms with Gasteiger partial charge in [-0.1, -0.05) is 0 Å². The molecule has 30 heavy (non-hydrogen) atoms. The van der Waals surface area contributed by atoms with Crippen LogP contribution in [0.1, 0.15) is 29.3 Å². The number of aryl methyl sites for hydroxylation is 1. The fourth-order valence-electron chi connectivity index (χ4n) is 2.48. The number of hydrogen-bond acceptors (Lipinski definition) is 8. The van der Waals surface area contributed by atoms with Crippen LogP contribution in [0.15, 0.2) is 23.3 Å². The number of methoxy groups -OCH3 is 1. The highest BCUT2D eigenvalue weighted by Gasteiger charge is 2.14. The number of phenols is 1. The molecule has 2 aromatic rings. The number of nitriles is 1. The second-order valence-corrected chi connectivity index (χ2v) is 7.17. The third-order valence-electron chi connectivity index (χ3n) is 3.70. The number of hydrazone groups is 1. The molecule has 0 fully saturated rings. The van der Waals surface area contributed by atoms with E-state index in [1.165, 1.54) is 13.3 Å². The zero-order chi connectivity index (χ0) is 22.1. The first-order chi connectivity index (χ1) is 14.4. The van der Waals surface area contributed by atoms with E-state index in [1.807, 2.05) is 35.6 Å². The van der Waals surface area contributed by atoms with Crippen molar-refractivity contribution in [2.45, 2.75) is 20.5 Å². The van der Waals surface area contributed by atoms with Crippen LogP contribution < -0.4 is 14.9 Å². The molecule has 0 aliphatic carbocycles. The number of amides is 1. The minimum atomic E-state index is -0.523. The third kappa shape index (κ3) is 6.30. The van der Waals surface area contributed by atoms with Gasteiger partial charge in [-0.3, -0.25) is 4.79 Å². The van der Waals surface area contributed by atoms with Crippen molar-refractivity contribution in [3.8, 4) is 23.4 Å². The van der Waals surface area contributed by atoms with E-state index in [0.717, 1.165) is 0 Å². The Balaban J connectivity index is 2.02. The van der Waals surface area contributed by atoms with Crippen molar-refractivity contribution in [2.75, 3.05) is 20.3 Å². The predicted octanol–water partition coefficient (Wildman–Crippen LogP) is 2.65. The maximum atomic E-state index is 12.0. The van der Waals surface area contributed by atoms with Gasteiger partial charge in [0.15, 0.2) is 18.1 Å². The van der Waals surface area contributed by atoms with E-state index >= 15 is 0 Å². The van der Waals surface area contributed by atoms with Gasteiger partial charge in [0.2, 0.25) is 5.88 Å². The van der Waals surface area contributed by atoms with E-state index < -0.39 is 5.91 Å². The van der Waals surface area contributed by atoms with Gasteiger partial charge in [-0.2, -0.15) is 10.4 Å². The zero-order valence-corrected chi connectivity index (χ0v) is 18.9. The lowest BCUT2D eigenvalue weighted by Gasteiger charge is -2.10. The lowest BCUT2D eigenvalue weighted by atomic mass is 10.1. The van der Waals surface area contributed by atoms with E-state index in [4.69, 9.17) is 14.2 Å². The molecule has 2 rings (SSSR count). The molecule has 0 radical (unpaired) electrons. The number of halogens is 1. The molecule has 2 N–H and O–H groups in total. The molecule has 158 valence electrons. The lowest BCUT2D eigenvalue weighted by molar-refractivity contribution is -0.123. The number of carbonyl (C=O) groups is 1. The number of ether oxygens (including phenoxy) is 3. The molecule has 0 unspecified atom stereocenters. The van der Waals surface area contributed by atoms with Crippen LogP contribution in [0.25, 0.3) is 0 Å². The van der Waals surface area contributed by atoms with Crippen molar-refractivity contribution in [3.05, 3.63) is 44.2 Å². The first-order valence-corrected chi connectivity index (χ1v) is 9.97. The average molecular weight is 524 g/mol. The average Bonchev–Trinajstić information content (AvgIpc) is 2.70. The summed E-state index contributed by atoms with van der Waals surface area (Å²) in [5.41, 5.74) is 4.48. The number of nitrogens with one attached hydrogen (secondary N) is 1. The summed E-state index contributed by atoms with van der Waals surface area (Å²) in [6.07, 6.45) is 1.42. The number of carbonyl (C=O) groups excluding carboxylic acids is 1. The summed E-state index contributed by atoms with van der Waals surface area (Å²) in [5, 5.41) is 23.2. The molecule has 0 bridgehead atoms. The quantitative estimate of drug-likeness (QED) is 0.294. The Kier molecular flexibility index (Phi) is 8.82. The van der Waals surface area contributed by atoms with Crippen molar-refractivity contribution >= 4 is 34.7 Å². The van der Waals surface area contributed by atoms with Gasteiger partial charge in [0.25, 0.3) is 5.91 Å². The number of hydrogen-bond donors (Lipinski definition) is 2. The number of nitrogens with zero attached hydrogens (tertiary/aromatic N) is 3. The molecule has 0 aliphatic rings. The van der Waals surface area contributed by atoms with Gasteiger partial charge >= 0.3 is 0 Å². The molecule has 9 nitrogen and oxygen atoms in total. The molecule has 1 heterocycles. The van der Waals surface area contributed by atoms with Crippen LogP contribution in [0.3, 0.4) is 0 Å². The predicted molar refractivity (Wildman–Crippen MR) is 118 cm³/mol. The molecule has 0 atom stereocenters. The summed E-state index contributed by atoms with van der Waals surface area (Å²) in [7, 11) is 1.52. The summed E-state index contributed by atoms with van der Waals surface area (Å²) in [6, 6.07) is 7.06. The van der Waals surface area contributed by atoms with Crippen molar-refractivity contribution in [3.63, 3.8) is 0 Å². The number of phenolic OH excluding ortho intramolecular Hbond substituents is 1. The molecular weight excluding hydrogens is 503 g/mol. The highest BCUT2D eigenvalue weighted by atomic mass is 127. The van der Waals surface area contributed by atoms with Crippen LogP contribution in [0.2, 0.25) is 0 Å². The summed E-state index contributed by atoms with van der Waals surface area (Å²) >= 11 is 1.98. The van der Waals surface area contributed by atoms with Crippen molar-refractivity contribution in [1.82, 2.24) is 10.4 Å². The normalized spacial score (nSPS) is 10.6. The third-order valence-corrected chi connectivity index (χ3v) is 4.52. The Hall–Kier alpha value is -2.91. The number of aromatic hydroxyl groups is 1. The topological polar surface area (TPSA) is 126 Å². The minimum absolute atomic E-state index is 0.0545. The van der Waals surface area contributed by atoms with Crippen LogP contribution >= 0.6 is 22.6 Å². The molecule has 1 aromatic heterocycles. The highest BCUT2D eigenvalue weighted by Crippen LogP contribution is 2.32. The van der Waals surface area contributed by atoms with Gasteiger partial charge in [0, 0.05) is 18.4 Å². The van der Waals surface area contributed by atoms with Gasteiger partial charge < -0.3 is 19.3 Å². The smallest absolute Gasteiger partial charge is 0.278 e. The lowest BCUT2D eigenvalue weighted by Crippen LogP contribution is -2.25. The SMILES string of the molecule is CCOc1cc(/C=N\NC(=O)COc2nc(C)cc(COC)c2C#N)cc(I)c1O. The Labute approximate surface area is 187 Å². The zero-order valence-electron chi connectivity index (χ0n) is 16.7. The maximum Gasteiger partial charge on any atom is 0.278 e. The van der Waals surface area contributed by atoms with Gasteiger partial charge in [-0.05, 0) is 60.2 Å². The fourth-order valence-corrected chi connectivity index (χ4v) is 3.11. The summed E-state index contributed by atoms with van der Waals surface area (Å²) < 4.78 is 16.5. The van der Waals surface area contributed by atoms with E-state index in [9.17, 15) is 15.2 Å². The molecule has 0 spiro atoms. The van der Waals surface area contributed by atoms with Crippen molar-refractivity contribution < 1.29 is 24.1 Å². The van der Waals surface area contributed by atoms with Crippen molar-refractivity contribution in [1.29, 1.82) is 5.26 Å². The molecule has 1 amide bonds. The van der Waals surface area contributed by atoms with E-state index in [0.29, 0.717) is 32.7 Å². The largest absolute Gasteiger partial charge is 0.504 e. The van der Waals surface area contributed by atoms with Crippen LogP contribution in [0, 0.1) is 21.8 Å². The molecule has 10 heteroatoms. The number of benzene rings is 1. The first-order valence-electron chi connectivity index (χ1n) is 8.89. The minimum Gasteiger partial charge on any atom is -0.504 e. The molecule has 0 saturated heterocycles. The monoisotopic (exact) mass is 524 g/mol. The maximum absolute atomic E-state index is 12.0. The van der Waals surface area contributed by atoms with Crippen LogP contribution in [0.5, 0.6) is 17.4 Å². The second-order valence-electron chi connectivity index (χ2n) is 6.01. The van der Waals surface area contributed by atoms with Gasteiger partial charge in [0.05, 0.1) is 23.0 Å². The molecular formula is C20H21IN4O5. The Bertz CT molecular complexity index is 988. The number of pyridine rings is 1. The van der Waals surface area contributed by atoms with E-state index in [1.54, 1.807) is 25.1 Å². The number of rotatable bonds is 9. The standard InChI is InChI=1S/C20H21IN4O5/c1-4-29-17-7-13(6-16(21)19(17)27)9-23-25-18(26)11-30-20-15(8-22)14(10-28-3)5-12(2)24-20/h5-7,9,27H,4,10-11H2,1-3H3,(H,25,26)/b23-9-. The molecule has 1 aromatic carbocycles. The highest BCUT2D eigenvalue weighted by molar-refractivity contribution is 14.1. The Morgan fingerprint density at radius 1 is 1.40 bits per heavy atom. The van der Waals surface area contributed by atoms with Crippen molar-refractivity contribution in [2.24, 2.45) is 5.10 Å². The fraction of sp³-hybridized carbons (Fsp3) is 0.300. The van der Waals surface area contributed by atoms with Gasteiger partial charge in [0.1, 0.15) is 11.6 Å². The van der Waals surface area contributed by atoms with Crippen LogP contribution in [0.4, 0.5) is 0 Å². The number of aromatic nitrogens is 1. The Morgan fingerprint density at radius 2 is 2.17 bits per heavy atom. The second kappa shape index (κ2) is 11.3. The first kappa shape index (κ1) is 23.4. The molecule has 0 saturated carbocycles. The van der Waals surface area contributed by atoms with E-state index in [-0.39, 0.29) is 30.4 Å². The summed E-state index contributed by atoms with van der Waals surface area (Å²) in [5.74, 6) is -0.0656.